The van der Waals surface area contributed by atoms with Gasteiger partial charge in [-0.1, -0.05) is 31.2 Å². The van der Waals surface area contributed by atoms with Gasteiger partial charge in [-0.2, -0.15) is 0 Å². The van der Waals surface area contributed by atoms with Gasteiger partial charge in [0.2, 0.25) is 0 Å². The molecule has 1 N–H and O–H groups in total. The van der Waals surface area contributed by atoms with E-state index in [0.29, 0.717) is 4.47 Å². The second-order valence-corrected chi connectivity index (χ2v) is 6.22. The molecule has 2 aromatic carbocycles. The molecule has 0 heterocycles. The normalized spacial score (nSPS) is 12.5. The molecular formula is C18H21BrFN. The molecule has 2 aromatic rings. The molecule has 0 spiro atoms. The van der Waals surface area contributed by atoms with Crippen molar-refractivity contribution in [1.82, 2.24) is 5.32 Å². The molecule has 112 valence electrons. The highest BCUT2D eigenvalue weighted by Gasteiger charge is 2.20. The number of rotatable bonds is 4. The van der Waals surface area contributed by atoms with Gasteiger partial charge >= 0.3 is 0 Å². The maximum absolute atomic E-state index is 13.9. The van der Waals surface area contributed by atoms with Crippen molar-refractivity contribution in [3.05, 3.63) is 68.4 Å². The van der Waals surface area contributed by atoms with E-state index in [1.54, 1.807) is 6.07 Å². The third-order valence-corrected chi connectivity index (χ3v) is 4.73. The van der Waals surface area contributed by atoms with E-state index < -0.39 is 0 Å². The van der Waals surface area contributed by atoms with Crippen LogP contribution in [0.25, 0.3) is 0 Å². The summed E-state index contributed by atoms with van der Waals surface area (Å²) in [7, 11) is 0. The Morgan fingerprint density at radius 3 is 2.38 bits per heavy atom. The first kappa shape index (κ1) is 16.2. The maximum Gasteiger partial charge on any atom is 0.137 e. The maximum atomic E-state index is 13.9. The van der Waals surface area contributed by atoms with E-state index in [-0.39, 0.29) is 11.9 Å². The Morgan fingerprint density at radius 1 is 1.05 bits per heavy atom. The lowest BCUT2D eigenvalue weighted by Crippen LogP contribution is -2.23. The fourth-order valence-corrected chi connectivity index (χ4v) is 3.12. The highest BCUT2D eigenvalue weighted by molar-refractivity contribution is 9.10. The van der Waals surface area contributed by atoms with Crippen LogP contribution in [-0.4, -0.2) is 6.54 Å². The highest BCUT2D eigenvalue weighted by atomic mass is 79.9. The summed E-state index contributed by atoms with van der Waals surface area (Å²) in [5.41, 5.74) is 5.89. The van der Waals surface area contributed by atoms with E-state index in [2.05, 4.69) is 61.1 Å². The Bertz CT molecular complexity index is 652. The van der Waals surface area contributed by atoms with Crippen molar-refractivity contribution in [2.45, 2.75) is 33.7 Å². The van der Waals surface area contributed by atoms with Crippen LogP contribution < -0.4 is 5.32 Å². The SMILES string of the molecule is CCNC(c1cc(C)c(C)cc1C)c1cccc(F)c1Br. The molecule has 0 saturated carbocycles. The lowest BCUT2D eigenvalue weighted by Gasteiger charge is -2.23. The topological polar surface area (TPSA) is 12.0 Å². The van der Waals surface area contributed by atoms with E-state index in [0.717, 1.165) is 12.1 Å². The molecule has 1 atom stereocenters. The van der Waals surface area contributed by atoms with Crippen molar-refractivity contribution < 1.29 is 4.39 Å². The zero-order valence-electron chi connectivity index (χ0n) is 12.9. The molecule has 0 aliphatic carbocycles. The second kappa shape index (κ2) is 6.71. The third-order valence-electron chi connectivity index (χ3n) is 3.89. The number of hydrogen-bond donors (Lipinski definition) is 1. The molecule has 0 radical (unpaired) electrons. The van der Waals surface area contributed by atoms with Gasteiger partial charge < -0.3 is 5.32 Å². The molecule has 0 aliphatic heterocycles. The van der Waals surface area contributed by atoms with Crippen LogP contribution in [0.2, 0.25) is 0 Å². The number of aryl methyl sites for hydroxylation is 3. The summed E-state index contributed by atoms with van der Waals surface area (Å²) in [4.78, 5) is 0. The van der Waals surface area contributed by atoms with Gasteiger partial charge in [-0.15, -0.1) is 0 Å². The number of nitrogens with one attached hydrogen (secondary N) is 1. The number of benzene rings is 2. The van der Waals surface area contributed by atoms with Crippen LogP contribution in [0.1, 0.15) is 40.8 Å². The Balaban J connectivity index is 2.59. The summed E-state index contributed by atoms with van der Waals surface area (Å²) in [6.45, 7) is 9.23. The average molecular weight is 350 g/mol. The molecule has 0 amide bonds. The minimum Gasteiger partial charge on any atom is -0.306 e. The first-order valence-electron chi connectivity index (χ1n) is 7.20. The van der Waals surface area contributed by atoms with Gasteiger partial charge in [0.25, 0.3) is 0 Å². The van der Waals surface area contributed by atoms with Crippen LogP contribution in [0.4, 0.5) is 4.39 Å². The molecule has 21 heavy (non-hydrogen) atoms. The fraction of sp³-hybridized carbons (Fsp3) is 0.333. The van der Waals surface area contributed by atoms with E-state index in [9.17, 15) is 4.39 Å². The van der Waals surface area contributed by atoms with Crippen molar-refractivity contribution >= 4 is 15.9 Å². The van der Waals surface area contributed by atoms with Gasteiger partial charge in [0, 0.05) is 0 Å². The van der Waals surface area contributed by atoms with Gasteiger partial charge in [-0.3, -0.25) is 0 Å². The van der Waals surface area contributed by atoms with Gasteiger partial charge in [-0.25, -0.2) is 4.39 Å². The molecule has 0 fully saturated rings. The number of halogens is 2. The highest BCUT2D eigenvalue weighted by Crippen LogP contribution is 2.33. The van der Waals surface area contributed by atoms with Crippen molar-refractivity contribution in [3.63, 3.8) is 0 Å². The molecule has 1 unspecified atom stereocenters. The largest absolute Gasteiger partial charge is 0.306 e. The molecule has 0 aliphatic rings. The lowest BCUT2D eigenvalue weighted by atomic mass is 9.91. The van der Waals surface area contributed by atoms with Crippen LogP contribution >= 0.6 is 15.9 Å². The quantitative estimate of drug-likeness (QED) is 0.798. The molecule has 0 saturated heterocycles. The predicted octanol–water partition coefficient (Wildman–Crippen LogP) is 5.21. The Morgan fingerprint density at radius 2 is 1.71 bits per heavy atom. The van der Waals surface area contributed by atoms with E-state index in [1.165, 1.54) is 28.3 Å². The molecule has 3 heteroatoms. The summed E-state index contributed by atoms with van der Waals surface area (Å²) in [6, 6.07) is 9.59. The zero-order valence-corrected chi connectivity index (χ0v) is 14.5. The van der Waals surface area contributed by atoms with Crippen molar-refractivity contribution in [2.24, 2.45) is 0 Å². The first-order chi connectivity index (χ1) is 9.95. The smallest absolute Gasteiger partial charge is 0.137 e. The van der Waals surface area contributed by atoms with Crippen molar-refractivity contribution in [3.8, 4) is 0 Å². The number of hydrogen-bond acceptors (Lipinski definition) is 1. The van der Waals surface area contributed by atoms with Gasteiger partial charge in [0.15, 0.2) is 0 Å². The molecule has 2 rings (SSSR count). The van der Waals surface area contributed by atoms with Crippen LogP contribution in [-0.2, 0) is 0 Å². The molecular weight excluding hydrogens is 329 g/mol. The first-order valence-corrected chi connectivity index (χ1v) is 8.00. The summed E-state index contributed by atoms with van der Waals surface area (Å²) < 4.78 is 14.4. The van der Waals surface area contributed by atoms with Crippen LogP contribution in [0.3, 0.4) is 0 Å². The molecule has 0 bridgehead atoms. The van der Waals surface area contributed by atoms with Gasteiger partial charge in [0.1, 0.15) is 5.82 Å². The minimum atomic E-state index is -0.225. The summed E-state index contributed by atoms with van der Waals surface area (Å²) in [5.74, 6) is -0.225. The summed E-state index contributed by atoms with van der Waals surface area (Å²) in [6.07, 6.45) is 0. The van der Waals surface area contributed by atoms with Crippen LogP contribution in [0, 0.1) is 26.6 Å². The predicted molar refractivity (Wildman–Crippen MR) is 90.3 cm³/mol. The molecule has 0 aromatic heterocycles. The summed E-state index contributed by atoms with van der Waals surface area (Å²) in [5, 5.41) is 3.47. The van der Waals surface area contributed by atoms with Gasteiger partial charge in [0.05, 0.1) is 10.5 Å². The molecule has 1 nitrogen and oxygen atoms in total. The minimum absolute atomic E-state index is 0.0145. The van der Waals surface area contributed by atoms with Crippen molar-refractivity contribution in [2.75, 3.05) is 6.54 Å². The van der Waals surface area contributed by atoms with Gasteiger partial charge in [-0.05, 0) is 77.1 Å². The fourth-order valence-electron chi connectivity index (χ4n) is 2.63. The zero-order chi connectivity index (χ0) is 15.6. The van der Waals surface area contributed by atoms with Crippen LogP contribution in [0.15, 0.2) is 34.8 Å². The Labute approximate surface area is 134 Å². The Hall–Kier alpha value is -1.19. The standard InChI is InChI=1S/C18H21BrFN/c1-5-21-18(14-7-6-8-16(20)17(14)19)15-10-12(3)11(2)9-13(15)4/h6-10,18,21H,5H2,1-4H3. The third kappa shape index (κ3) is 3.35. The van der Waals surface area contributed by atoms with Crippen molar-refractivity contribution in [1.29, 1.82) is 0 Å². The summed E-state index contributed by atoms with van der Waals surface area (Å²) >= 11 is 3.39. The van der Waals surface area contributed by atoms with E-state index in [4.69, 9.17) is 0 Å². The van der Waals surface area contributed by atoms with E-state index >= 15 is 0 Å². The Kier molecular flexibility index (Phi) is 5.17. The monoisotopic (exact) mass is 349 g/mol. The average Bonchev–Trinajstić information content (AvgIpc) is 2.44. The lowest BCUT2D eigenvalue weighted by molar-refractivity contribution is 0.594. The van der Waals surface area contributed by atoms with Crippen LogP contribution in [0.5, 0.6) is 0 Å². The van der Waals surface area contributed by atoms with E-state index in [1.807, 2.05) is 6.07 Å². The second-order valence-electron chi connectivity index (χ2n) is 5.43.